The van der Waals surface area contributed by atoms with Crippen LogP contribution in [0, 0.1) is 13.8 Å². The number of amides is 1. The van der Waals surface area contributed by atoms with E-state index in [2.05, 4.69) is 15.3 Å². The largest absolute Gasteiger partial charge is 0.350 e. The van der Waals surface area contributed by atoms with E-state index in [1.165, 1.54) is 11.8 Å². The number of hydrogen-bond acceptors (Lipinski definition) is 4. The highest BCUT2D eigenvalue weighted by atomic mass is 35.5. The Balaban J connectivity index is 1.96. The van der Waals surface area contributed by atoms with Gasteiger partial charge in [-0.1, -0.05) is 35.5 Å². The fourth-order valence-electron chi connectivity index (χ4n) is 2.57. The summed E-state index contributed by atoms with van der Waals surface area (Å²) < 4.78 is 0. The highest BCUT2D eigenvalue weighted by Crippen LogP contribution is 2.19. The summed E-state index contributed by atoms with van der Waals surface area (Å²) in [6.45, 7) is 5.89. The number of nitrogens with one attached hydrogen (secondary N) is 1. The van der Waals surface area contributed by atoms with Gasteiger partial charge in [0, 0.05) is 22.8 Å². The lowest BCUT2D eigenvalue weighted by Gasteiger charge is -2.15. The molecule has 1 atom stereocenters. The van der Waals surface area contributed by atoms with Crippen LogP contribution in [0.3, 0.4) is 0 Å². The fraction of sp³-hybridized carbons (Fsp3) is 0.389. The van der Waals surface area contributed by atoms with Gasteiger partial charge in [-0.15, -0.1) is 0 Å². The molecule has 6 heteroatoms. The van der Waals surface area contributed by atoms with Crippen LogP contribution in [0.25, 0.3) is 0 Å². The van der Waals surface area contributed by atoms with Crippen LogP contribution >= 0.6 is 23.4 Å². The first-order valence-corrected chi connectivity index (χ1v) is 9.44. The van der Waals surface area contributed by atoms with Gasteiger partial charge in [0.25, 0.3) is 0 Å². The van der Waals surface area contributed by atoms with Gasteiger partial charge in [0.05, 0.1) is 6.04 Å². The molecule has 0 saturated carbocycles. The molecule has 128 valence electrons. The van der Waals surface area contributed by atoms with Gasteiger partial charge in [0.15, 0.2) is 5.16 Å². The summed E-state index contributed by atoms with van der Waals surface area (Å²) in [5, 5.41) is 4.46. The smallest absolute Gasteiger partial charge is 0.220 e. The lowest BCUT2D eigenvalue weighted by Crippen LogP contribution is -2.27. The number of carbonyl (C=O) groups is 1. The molecule has 1 aromatic heterocycles. The predicted molar refractivity (Wildman–Crippen MR) is 99.6 cm³/mol. The zero-order valence-corrected chi connectivity index (χ0v) is 16.0. The van der Waals surface area contributed by atoms with Crippen LogP contribution in [0.5, 0.6) is 0 Å². The Bertz CT molecular complexity index is 713. The third kappa shape index (κ3) is 4.95. The second-order valence-corrected chi connectivity index (χ2v) is 6.91. The molecular weight excluding hydrogens is 342 g/mol. The first-order chi connectivity index (χ1) is 11.4. The quantitative estimate of drug-likeness (QED) is 0.614. The molecule has 24 heavy (non-hydrogen) atoms. The third-order valence-electron chi connectivity index (χ3n) is 3.91. The lowest BCUT2D eigenvalue weighted by atomic mass is 10.1. The monoisotopic (exact) mass is 363 g/mol. The highest BCUT2D eigenvalue weighted by molar-refractivity contribution is 7.98. The number of aromatic nitrogens is 2. The van der Waals surface area contributed by atoms with Crippen molar-refractivity contribution in [1.29, 1.82) is 0 Å². The normalized spacial score (nSPS) is 12.0. The number of aryl methyl sites for hydroxylation is 2. The van der Waals surface area contributed by atoms with E-state index in [9.17, 15) is 4.79 Å². The zero-order chi connectivity index (χ0) is 17.7. The minimum absolute atomic E-state index is 0.00946. The molecule has 0 aliphatic carbocycles. The van der Waals surface area contributed by atoms with E-state index in [4.69, 9.17) is 11.6 Å². The van der Waals surface area contributed by atoms with Crippen LogP contribution in [0.2, 0.25) is 5.02 Å². The summed E-state index contributed by atoms with van der Waals surface area (Å²) in [6, 6.07) is 7.46. The van der Waals surface area contributed by atoms with Crippen LogP contribution in [-0.2, 0) is 11.2 Å². The van der Waals surface area contributed by atoms with Crippen molar-refractivity contribution >= 4 is 29.3 Å². The van der Waals surface area contributed by atoms with E-state index < -0.39 is 0 Å². The number of nitrogens with zero attached hydrogens (tertiary/aromatic N) is 2. The number of rotatable bonds is 6. The van der Waals surface area contributed by atoms with E-state index in [0.29, 0.717) is 17.9 Å². The number of carbonyl (C=O) groups excluding carboxylic acids is 1. The van der Waals surface area contributed by atoms with Crippen molar-refractivity contribution in [2.24, 2.45) is 0 Å². The van der Waals surface area contributed by atoms with Crippen LogP contribution in [0.15, 0.2) is 29.4 Å². The summed E-state index contributed by atoms with van der Waals surface area (Å²) in [5.41, 5.74) is 3.94. The van der Waals surface area contributed by atoms with E-state index in [-0.39, 0.29) is 11.9 Å². The van der Waals surface area contributed by atoms with Gasteiger partial charge < -0.3 is 5.32 Å². The third-order valence-corrected chi connectivity index (χ3v) is 4.69. The molecule has 0 bridgehead atoms. The second-order valence-electron chi connectivity index (χ2n) is 5.70. The van der Waals surface area contributed by atoms with Gasteiger partial charge in [-0.05, 0) is 56.7 Å². The zero-order valence-electron chi connectivity index (χ0n) is 14.4. The first-order valence-electron chi connectivity index (χ1n) is 7.83. The van der Waals surface area contributed by atoms with Crippen molar-refractivity contribution in [3.63, 3.8) is 0 Å². The molecule has 0 aliphatic rings. The van der Waals surface area contributed by atoms with Gasteiger partial charge in [0.1, 0.15) is 0 Å². The molecule has 1 N–H and O–H groups in total. The van der Waals surface area contributed by atoms with Gasteiger partial charge in [0.2, 0.25) is 5.91 Å². The molecule has 4 nitrogen and oxygen atoms in total. The van der Waals surface area contributed by atoms with Crippen molar-refractivity contribution in [1.82, 2.24) is 15.3 Å². The van der Waals surface area contributed by atoms with Gasteiger partial charge >= 0.3 is 0 Å². The summed E-state index contributed by atoms with van der Waals surface area (Å²) in [4.78, 5) is 21.1. The van der Waals surface area contributed by atoms with Crippen LogP contribution in [-0.4, -0.2) is 22.1 Å². The molecule has 0 aliphatic heterocycles. The Labute approximate surface area is 152 Å². The van der Waals surface area contributed by atoms with E-state index >= 15 is 0 Å². The molecule has 0 radical (unpaired) electrons. The average Bonchev–Trinajstić information content (AvgIpc) is 2.53. The molecule has 0 fully saturated rings. The van der Waals surface area contributed by atoms with E-state index in [0.717, 1.165) is 27.7 Å². The maximum Gasteiger partial charge on any atom is 0.220 e. The Kier molecular flexibility index (Phi) is 6.63. The SMILES string of the molecule is CSc1nc(C)c(CCC(=O)N[C@@H](C)c2cccc(Cl)c2)c(C)n1. The molecule has 0 spiro atoms. The summed E-state index contributed by atoms with van der Waals surface area (Å²) in [6.07, 6.45) is 3.01. The van der Waals surface area contributed by atoms with Crippen molar-refractivity contribution in [3.05, 3.63) is 51.8 Å². The minimum Gasteiger partial charge on any atom is -0.350 e. The predicted octanol–water partition coefficient (Wildman–Crippen LogP) is 4.28. The van der Waals surface area contributed by atoms with Crippen LogP contribution in [0.4, 0.5) is 0 Å². The van der Waals surface area contributed by atoms with Crippen LogP contribution < -0.4 is 5.32 Å². The van der Waals surface area contributed by atoms with Gasteiger partial charge in [-0.2, -0.15) is 0 Å². The number of thioether (sulfide) groups is 1. The topological polar surface area (TPSA) is 54.9 Å². The standard InChI is InChI=1S/C18H22ClN3OS/c1-11(14-6-5-7-15(19)10-14)20-17(23)9-8-16-12(2)21-18(24-4)22-13(16)3/h5-7,10-11H,8-9H2,1-4H3,(H,20,23)/t11-/m0/s1. The van der Waals surface area contributed by atoms with Crippen molar-refractivity contribution in [2.75, 3.05) is 6.26 Å². The van der Waals surface area contributed by atoms with Crippen molar-refractivity contribution in [3.8, 4) is 0 Å². The highest BCUT2D eigenvalue weighted by Gasteiger charge is 2.13. The molecule has 1 amide bonds. The Morgan fingerprint density at radius 2 is 1.96 bits per heavy atom. The molecule has 2 rings (SSSR count). The fourth-order valence-corrected chi connectivity index (χ4v) is 3.23. The second kappa shape index (κ2) is 8.49. The maximum absolute atomic E-state index is 12.2. The number of benzene rings is 1. The molecule has 1 aromatic carbocycles. The van der Waals surface area contributed by atoms with E-state index in [1.807, 2.05) is 51.3 Å². The molecule has 0 unspecified atom stereocenters. The maximum atomic E-state index is 12.2. The number of halogens is 1. The van der Waals surface area contributed by atoms with Crippen LogP contribution in [0.1, 0.15) is 41.9 Å². The molecule has 0 saturated heterocycles. The Morgan fingerprint density at radius 1 is 1.29 bits per heavy atom. The van der Waals surface area contributed by atoms with Gasteiger partial charge in [-0.25, -0.2) is 9.97 Å². The molecule has 2 aromatic rings. The van der Waals surface area contributed by atoms with Gasteiger partial charge in [-0.3, -0.25) is 4.79 Å². The summed E-state index contributed by atoms with van der Waals surface area (Å²) in [5.74, 6) is 0.00946. The van der Waals surface area contributed by atoms with E-state index in [1.54, 1.807) is 0 Å². The van der Waals surface area contributed by atoms with Crippen molar-refractivity contribution in [2.45, 2.75) is 44.8 Å². The Morgan fingerprint density at radius 3 is 2.54 bits per heavy atom. The average molecular weight is 364 g/mol. The lowest BCUT2D eigenvalue weighted by molar-refractivity contribution is -0.121. The first kappa shape index (κ1) is 18.7. The summed E-state index contributed by atoms with van der Waals surface area (Å²) in [7, 11) is 0. The number of hydrogen-bond donors (Lipinski definition) is 1. The minimum atomic E-state index is -0.0755. The molecular formula is C18H22ClN3OS. The molecule has 1 heterocycles. The van der Waals surface area contributed by atoms with Crippen molar-refractivity contribution < 1.29 is 4.79 Å². The summed E-state index contributed by atoms with van der Waals surface area (Å²) >= 11 is 7.52. The Hall–Kier alpha value is -1.59.